The highest BCUT2D eigenvalue weighted by Crippen LogP contribution is 2.38. The third-order valence-electron chi connectivity index (χ3n) is 5.93. The number of hydrogen-bond acceptors (Lipinski definition) is 7. The molecule has 0 atom stereocenters. The average Bonchev–Trinajstić information content (AvgIpc) is 2.85. The molecule has 0 fully saturated rings. The van der Waals surface area contributed by atoms with Gasteiger partial charge in [0.25, 0.3) is 5.56 Å². The van der Waals surface area contributed by atoms with E-state index in [-0.39, 0.29) is 32.6 Å². The molecule has 176 valence electrons. The van der Waals surface area contributed by atoms with Crippen LogP contribution in [0.15, 0.2) is 93.4 Å². The van der Waals surface area contributed by atoms with Gasteiger partial charge in [-0.15, -0.1) is 0 Å². The molecule has 0 amide bonds. The van der Waals surface area contributed by atoms with E-state index >= 15 is 0 Å². The van der Waals surface area contributed by atoms with Gasteiger partial charge < -0.3 is 25.0 Å². The summed E-state index contributed by atoms with van der Waals surface area (Å²) in [6.45, 7) is -0.229. The Hall–Kier alpha value is -4.50. The summed E-state index contributed by atoms with van der Waals surface area (Å²) in [6.07, 6.45) is 0. The Morgan fingerprint density at radius 2 is 1.37 bits per heavy atom. The van der Waals surface area contributed by atoms with E-state index in [0.29, 0.717) is 10.9 Å². The van der Waals surface area contributed by atoms with E-state index in [9.17, 15) is 33.6 Å². The fourth-order valence-corrected chi connectivity index (χ4v) is 5.73. The largest absolute Gasteiger partial charge is 0.504 e. The topological polar surface area (TPSA) is 137 Å². The molecule has 9 heteroatoms. The first kappa shape index (κ1) is 22.3. The van der Waals surface area contributed by atoms with E-state index in [4.69, 9.17) is 0 Å². The minimum atomic E-state index is -3.92. The molecule has 0 saturated heterocycles. The molecule has 4 N–H and O–H groups in total. The van der Waals surface area contributed by atoms with Crippen molar-refractivity contribution in [2.75, 3.05) is 0 Å². The third-order valence-corrected chi connectivity index (χ3v) is 7.80. The summed E-state index contributed by atoms with van der Waals surface area (Å²) in [6, 6.07) is 19.2. The number of rotatable bonds is 4. The second kappa shape index (κ2) is 8.07. The normalized spacial score (nSPS) is 11.8. The van der Waals surface area contributed by atoms with Gasteiger partial charge in [0, 0.05) is 16.8 Å². The monoisotopic (exact) mass is 489 g/mol. The molecular formula is C26H19NO7S. The maximum atomic E-state index is 13.5. The highest BCUT2D eigenvalue weighted by atomic mass is 32.2. The van der Waals surface area contributed by atoms with Crippen molar-refractivity contribution in [1.82, 2.24) is 4.57 Å². The molecule has 5 aromatic rings. The molecule has 0 spiro atoms. The lowest BCUT2D eigenvalue weighted by Crippen LogP contribution is -2.22. The summed E-state index contributed by atoms with van der Waals surface area (Å²) < 4.78 is 27.9. The Kier molecular flexibility index (Phi) is 5.14. The quantitative estimate of drug-likeness (QED) is 0.222. The van der Waals surface area contributed by atoms with Crippen molar-refractivity contribution in [3.8, 4) is 23.0 Å². The molecule has 0 radical (unpaired) electrons. The number of phenols is 4. The van der Waals surface area contributed by atoms with Gasteiger partial charge in [-0.25, -0.2) is 8.42 Å². The van der Waals surface area contributed by atoms with Crippen molar-refractivity contribution in [3.05, 3.63) is 94.8 Å². The van der Waals surface area contributed by atoms with Gasteiger partial charge >= 0.3 is 0 Å². The Labute approximate surface area is 199 Å². The Morgan fingerprint density at radius 3 is 2.11 bits per heavy atom. The van der Waals surface area contributed by atoms with Crippen molar-refractivity contribution in [2.45, 2.75) is 16.3 Å². The molecule has 0 bridgehead atoms. The maximum Gasteiger partial charge on any atom is 0.263 e. The predicted molar refractivity (Wildman–Crippen MR) is 130 cm³/mol. The van der Waals surface area contributed by atoms with Gasteiger partial charge in [0.05, 0.1) is 27.2 Å². The zero-order valence-electron chi connectivity index (χ0n) is 18.1. The van der Waals surface area contributed by atoms with Crippen molar-refractivity contribution in [2.24, 2.45) is 0 Å². The zero-order valence-corrected chi connectivity index (χ0v) is 18.9. The fourth-order valence-electron chi connectivity index (χ4n) is 4.22. The summed E-state index contributed by atoms with van der Waals surface area (Å²) in [7, 11) is -3.92. The number of aromatic nitrogens is 1. The van der Waals surface area contributed by atoms with Gasteiger partial charge in [-0.3, -0.25) is 4.79 Å². The Balaban J connectivity index is 1.82. The van der Waals surface area contributed by atoms with Gasteiger partial charge in [-0.1, -0.05) is 36.4 Å². The number of nitrogens with zero attached hydrogens (tertiary/aromatic N) is 1. The first-order valence-corrected chi connectivity index (χ1v) is 12.0. The number of hydrogen-bond donors (Lipinski definition) is 4. The van der Waals surface area contributed by atoms with Crippen molar-refractivity contribution < 1.29 is 28.8 Å². The lowest BCUT2D eigenvalue weighted by molar-refractivity contribution is 0.404. The van der Waals surface area contributed by atoms with Gasteiger partial charge in [-0.05, 0) is 42.0 Å². The van der Waals surface area contributed by atoms with Crippen LogP contribution in [0.25, 0.3) is 21.7 Å². The van der Waals surface area contributed by atoms with Gasteiger partial charge in [0.2, 0.25) is 9.84 Å². The van der Waals surface area contributed by atoms with Crippen molar-refractivity contribution in [1.29, 1.82) is 0 Å². The van der Waals surface area contributed by atoms with E-state index < -0.39 is 38.4 Å². The van der Waals surface area contributed by atoms with Crippen LogP contribution < -0.4 is 5.56 Å². The SMILES string of the molecule is O=c1c2c(O)c(O)ccc2c2cc(O)c(O)cc2n1Cc1ccccc1S(=O)(=O)c1ccccc1. The number of sulfone groups is 1. The van der Waals surface area contributed by atoms with Crippen molar-refractivity contribution in [3.63, 3.8) is 0 Å². The standard InChI is InChI=1S/C26H19NO7S/c28-20-11-10-17-18-12-21(29)22(30)13-19(18)27(26(32)24(17)25(20)31)14-15-6-4-5-9-23(15)35(33,34)16-7-2-1-3-8-16/h1-13,28-31H,14H2. The minimum absolute atomic E-state index is 0.00511. The smallest absolute Gasteiger partial charge is 0.263 e. The summed E-state index contributed by atoms with van der Waals surface area (Å²) in [5, 5.41) is 41.1. The second-order valence-corrected chi connectivity index (χ2v) is 9.95. The van der Waals surface area contributed by atoms with E-state index in [1.165, 1.54) is 47.0 Å². The number of fused-ring (bicyclic) bond motifs is 3. The van der Waals surface area contributed by atoms with Gasteiger partial charge in [0.1, 0.15) is 0 Å². The molecule has 0 aliphatic heterocycles. The molecule has 1 aromatic heterocycles. The highest BCUT2D eigenvalue weighted by molar-refractivity contribution is 7.91. The number of benzene rings is 4. The van der Waals surface area contributed by atoms with E-state index in [1.54, 1.807) is 36.4 Å². The average molecular weight is 490 g/mol. The van der Waals surface area contributed by atoms with Crippen LogP contribution in [0.2, 0.25) is 0 Å². The fraction of sp³-hybridized carbons (Fsp3) is 0.0385. The summed E-state index contributed by atoms with van der Waals surface area (Å²) in [5.74, 6) is -2.06. The Morgan fingerprint density at radius 1 is 0.714 bits per heavy atom. The van der Waals surface area contributed by atoms with Gasteiger partial charge in [-0.2, -0.15) is 0 Å². The number of pyridine rings is 1. The molecule has 0 aliphatic rings. The van der Waals surface area contributed by atoms with E-state index in [1.807, 2.05) is 0 Å². The molecule has 0 aliphatic carbocycles. The van der Waals surface area contributed by atoms with Crippen LogP contribution >= 0.6 is 0 Å². The number of aromatic hydroxyl groups is 4. The van der Waals surface area contributed by atoms with Crippen LogP contribution in [0.3, 0.4) is 0 Å². The summed E-state index contributed by atoms with van der Waals surface area (Å²) in [5.41, 5.74) is -0.209. The lowest BCUT2D eigenvalue weighted by atomic mass is 10.0. The molecule has 0 saturated carbocycles. The first-order valence-electron chi connectivity index (χ1n) is 10.5. The lowest BCUT2D eigenvalue weighted by Gasteiger charge is -2.17. The first-order chi connectivity index (χ1) is 16.7. The molecular weight excluding hydrogens is 470 g/mol. The molecule has 8 nitrogen and oxygen atoms in total. The Bertz CT molecular complexity index is 1790. The summed E-state index contributed by atoms with van der Waals surface area (Å²) >= 11 is 0. The molecule has 5 rings (SSSR count). The zero-order chi connectivity index (χ0) is 24.9. The second-order valence-electron chi connectivity index (χ2n) is 8.03. The van der Waals surface area contributed by atoms with Gasteiger partial charge in [0.15, 0.2) is 23.0 Å². The maximum absolute atomic E-state index is 13.5. The van der Waals surface area contributed by atoms with Crippen LogP contribution in [0, 0.1) is 0 Å². The van der Waals surface area contributed by atoms with Crippen LogP contribution in [0.4, 0.5) is 0 Å². The minimum Gasteiger partial charge on any atom is -0.504 e. The van der Waals surface area contributed by atoms with E-state index in [2.05, 4.69) is 0 Å². The summed E-state index contributed by atoms with van der Waals surface area (Å²) in [4.78, 5) is 13.6. The molecule has 1 heterocycles. The third kappa shape index (κ3) is 3.53. The van der Waals surface area contributed by atoms with Crippen LogP contribution in [0.5, 0.6) is 23.0 Å². The number of phenolic OH excluding ortho intramolecular Hbond substituents is 4. The van der Waals surface area contributed by atoms with E-state index in [0.717, 1.165) is 0 Å². The van der Waals surface area contributed by atoms with Crippen LogP contribution in [-0.2, 0) is 16.4 Å². The van der Waals surface area contributed by atoms with Crippen LogP contribution in [-0.4, -0.2) is 33.4 Å². The molecule has 4 aromatic carbocycles. The molecule has 35 heavy (non-hydrogen) atoms. The molecule has 0 unspecified atom stereocenters. The van der Waals surface area contributed by atoms with Crippen molar-refractivity contribution >= 4 is 31.5 Å². The highest BCUT2D eigenvalue weighted by Gasteiger charge is 2.23. The predicted octanol–water partition coefficient (Wildman–Crippen LogP) is 3.86. The van der Waals surface area contributed by atoms with Crippen LogP contribution in [0.1, 0.15) is 5.56 Å².